The minimum atomic E-state index is -0.507. The number of tetrazole rings is 1. The van der Waals surface area contributed by atoms with Gasteiger partial charge in [-0.2, -0.15) is 4.68 Å². The summed E-state index contributed by atoms with van der Waals surface area (Å²) in [7, 11) is 1.58. The molecule has 2 aromatic carbocycles. The summed E-state index contributed by atoms with van der Waals surface area (Å²) in [4.78, 5) is 23.2. The predicted octanol–water partition coefficient (Wildman–Crippen LogP) is 2.93. The molecule has 11 heteroatoms. The molecule has 0 saturated heterocycles. The fraction of sp³-hybridized carbons (Fsp3) is 0.222. The van der Waals surface area contributed by atoms with Crippen molar-refractivity contribution < 1.29 is 14.5 Å². The number of nitrogens with one attached hydrogen (secondary N) is 1. The molecule has 0 bridgehead atoms. The van der Waals surface area contributed by atoms with Crippen molar-refractivity contribution in [3.05, 3.63) is 57.6 Å². The third-order valence-corrected chi connectivity index (χ3v) is 4.93. The van der Waals surface area contributed by atoms with Crippen molar-refractivity contribution in [2.24, 2.45) is 0 Å². The highest BCUT2D eigenvalue weighted by Crippen LogP contribution is 2.30. The third-order valence-electron chi connectivity index (χ3n) is 4.01. The summed E-state index contributed by atoms with van der Waals surface area (Å²) < 4.78 is 6.63. The normalized spacial score (nSPS) is 10.6. The Morgan fingerprint density at radius 1 is 1.28 bits per heavy atom. The molecule has 1 amide bonds. The Morgan fingerprint density at radius 3 is 2.66 bits per heavy atom. The maximum absolute atomic E-state index is 12.4. The fourth-order valence-electron chi connectivity index (χ4n) is 2.71. The van der Waals surface area contributed by atoms with Gasteiger partial charge in [0.15, 0.2) is 0 Å². The van der Waals surface area contributed by atoms with Crippen molar-refractivity contribution in [3.8, 4) is 11.4 Å². The Bertz CT molecular complexity index is 1050. The van der Waals surface area contributed by atoms with Gasteiger partial charge in [0, 0.05) is 6.07 Å². The first-order valence-corrected chi connectivity index (χ1v) is 9.48. The quantitative estimate of drug-likeness (QED) is 0.355. The van der Waals surface area contributed by atoms with Crippen LogP contribution in [-0.2, 0) is 4.79 Å². The van der Waals surface area contributed by atoms with E-state index in [0.29, 0.717) is 22.2 Å². The van der Waals surface area contributed by atoms with Crippen LogP contribution >= 0.6 is 11.8 Å². The number of carbonyl (C=O) groups is 1. The first-order chi connectivity index (χ1) is 13.9. The van der Waals surface area contributed by atoms with Gasteiger partial charge in [-0.3, -0.25) is 14.9 Å². The van der Waals surface area contributed by atoms with Gasteiger partial charge in [0.25, 0.3) is 5.69 Å². The van der Waals surface area contributed by atoms with E-state index < -0.39 is 10.8 Å². The lowest BCUT2D eigenvalue weighted by molar-refractivity contribution is -0.384. The van der Waals surface area contributed by atoms with Gasteiger partial charge < -0.3 is 10.1 Å². The standard InChI is InChI=1S/C18H18N6O4S/c1-11-8-12(2)17(15(9-11)24(26)27)19-16(25)10-29-18-20-21-22-23(18)13-4-6-14(28-3)7-5-13/h4-9H,10H2,1-3H3,(H,19,25). The number of carbonyl (C=O) groups excluding carboxylic acids is 1. The predicted molar refractivity (Wildman–Crippen MR) is 108 cm³/mol. The maximum atomic E-state index is 12.4. The van der Waals surface area contributed by atoms with E-state index in [-0.39, 0.29) is 17.1 Å². The molecule has 150 valence electrons. The number of hydrogen-bond acceptors (Lipinski definition) is 8. The van der Waals surface area contributed by atoms with Crippen LogP contribution < -0.4 is 10.1 Å². The molecule has 0 fully saturated rings. The number of aromatic nitrogens is 4. The molecule has 0 radical (unpaired) electrons. The molecule has 29 heavy (non-hydrogen) atoms. The van der Waals surface area contributed by atoms with Crippen molar-refractivity contribution in [1.29, 1.82) is 0 Å². The summed E-state index contributed by atoms with van der Waals surface area (Å²) in [6.07, 6.45) is 0. The number of hydrogen-bond donors (Lipinski definition) is 1. The number of nitro groups is 1. The van der Waals surface area contributed by atoms with Gasteiger partial charge in [-0.1, -0.05) is 17.8 Å². The Hall–Kier alpha value is -3.47. The van der Waals surface area contributed by atoms with Gasteiger partial charge in [0.1, 0.15) is 11.4 Å². The van der Waals surface area contributed by atoms with E-state index in [1.54, 1.807) is 51.3 Å². The number of thioether (sulfide) groups is 1. The Kier molecular flexibility index (Phi) is 6.07. The molecule has 0 unspecified atom stereocenters. The topological polar surface area (TPSA) is 125 Å². The number of rotatable bonds is 7. The van der Waals surface area contributed by atoms with Crippen LogP contribution in [0.3, 0.4) is 0 Å². The second-order valence-electron chi connectivity index (χ2n) is 6.14. The fourth-order valence-corrected chi connectivity index (χ4v) is 3.40. The van der Waals surface area contributed by atoms with Gasteiger partial charge in [-0.05, 0) is 59.7 Å². The Labute approximate surface area is 170 Å². The zero-order valence-corrected chi connectivity index (χ0v) is 16.8. The van der Waals surface area contributed by atoms with Crippen LogP contribution in [0.25, 0.3) is 5.69 Å². The summed E-state index contributed by atoms with van der Waals surface area (Å²) in [6.45, 7) is 3.48. The van der Waals surface area contributed by atoms with Crippen LogP contribution in [0.15, 0.2) is 41.6 Å². The number of amides is 1. The molecule has 0 aliphatic rings. The van der Waals surface area contributed by atoms with Crippen LogP contribution in [0.4, 0.5) is 11.4 Å². The Balaban J connectivity index is 1.71. The molecule has 0 saturated carbocycles. The molecule has 0 atom stereocenters. The molecule has 0 aliphatic carbocycles. The largest absolute Gasteiger partial charge is 0.497 e. The first-order valence-electron chi connectivity index (χ1n) is 8.50. The van der Waals surface area contributed by atoms with Crippen molar-refractivity contribution in [3.63, 3.8) is 0 Å². The van der Waals surface area contributed by atoms with E-state index in [1.165, 1.54) is 10.7 Å². The van der Waals surface area contributed by atoms with Gasteiger partial charge >= 0.3 is 0 Å². The van der Waals surface area contributed by atoms with Crippen LogP contribution in [0.5, 0.6) is 5.75 Å². The molecule has 0 aliphatic heterocycles. The molecule has 3 rings (SSSR count). The third kappa shape index (κ3) is 4.69. The van der Waals surface area contributed by atoms with Crippen LogP contribution in [0, 0.1) is 24.0 Å². The molecule has 0 spiro atoms. The van der Waals surface area contributed by atoms with Gasteiger partial charge in [-0.25, -0.2) is 0 Å². The van der Waals surface area contributed by atoms with E-state index in [0.717, 1.165) is 17.3 Å². The summed E-state index contributed by atoms with van der Waals surface area (Å²) in [5.74, 6) is 0.292. The number of nitrogens with zero attached hydrogens (tertiary/aromatic N) is 5. The highest BCUT2D eigenvalue weighted by molar-refractivity contribution is 7.99. The second kappa shape index (κ2) is 8.69. The number of aryl methyl sites for hydroxylation is 2. The number of benzene rings is 2. The lowest BCUT2D eigenvalue weighted by Gasteiger charge is -2.10. The molecular formula is C18H18N6O4S. The van der Waals surface area contributed by atoms with E-state index in [9.17, 15) is 14.9 Å². The lowest BCUT2D eigenvalue weighted by Crippen LogP contribution is -2.16. The zero-order valence-electron chi connectivity index (χ0n) is 15.9. The van der Waals surface area contributed by atoms with Crippen molar-refractivity contribution >= 4 is 29.0 Å². The minimum Gasteiger partial charge on any atom is -0.497 e. The highest BCUT2D eigenvalue weighted by Gasteiger charge is 2.20. The second-order valence-corrected chi connectivity index (χ2v) is 7.08. The monoisotopic (exact) mass is 414 g/mol. The van der Waals surface area contributed by atoms with E-state index in [1.807, 2.05) is 0 Å². The number of anilines is 1. The van der Waals surface area contributed by atoms with Gasteiger partial charge in [0.2, 0.25) is 11.1 Å². The van der Waals surface area contributed by atoms with Crippen molar-refractivity contribution in [1.82, 2.24) is 20.2 Å². The first kappa shape index (κ1) is 20.3. The molecule has 1 heterocycles. The van der Waals surface area contributed by atoms with E-state index in [4.69, 9.17) is 4.74 Å². The molecule has 3 aromatic rings. The van der Waals surface area contributed by atoms with Crippen LogP contribution in [0.1, 0.15) is 11.1 Å². The average molecular weight is 414 g/mol. The summed E-state index contributed by atoms with van der Waals surface area (Å²) >= 11 is 1.12. The smallest absolute Gasteiger partial charge is 0.293 e. The minimum absolute atomic E-state index is 0.0129. The molecular weight excluding hydrogens is 396 g/mol. The molecule has 1 aromatic heterocycles. The SMILES string of the molecule is COc1ccc(-n2nnnc2SCC(=O)Nc2c(C)cc(C)cc2[N+](=O)[O-])cc1. The summed E-state index contributed by atoms with van der Waals surface area (Å²) in [5, 5.41) is 25.9. The lowest BCUT2D eigenvalue weighted by atomic mass is 10.1. The summed E-state index contributed by atoms with van der Waals surface area (Å²) in [5.41, 5.74) is 2.15. The van der Waals surface area contributed by atoms with Crippen LogP contribution in [-0.4, -0.2) is 43.9 Å². The Morgan fingerprint density at radius 2 is 2.00 bits per heavy atom. The highest BCUT2D eigenvalue weighted by atomic mass is 32.2. The van der Waals surface area contributed by atoms with Crippen molar-refractivity contribution in [2.45, 2.75) is 19.0 Å². The van der Waals surface area contributed by atoms with Gasteiger partial charge in [-0.15, -0.1) is 5.10 Å². The maximum Gasteiger partial charge on any atom is 0.293 e. The van der Waals surface area contributed by atoms with E-state index >= 15 is 0 Å². The number of methoxy groups -OCH3 is 1. The van der Waals surface area contributed by atoms with Crippen molar-refractivity contribution in [2.75, 3.05) is 18.2 Å². The zero-order chi connectivity index (χ0) is 21.0. The number of ether oxygens (including phenoxy) is 1. The average Bonchev–Trinajstić information content (AvgIpc) is 3.16. The van der Waals surface area contributed by atoms with E-state index in [2.05, 4.69) is 20.8 Å². The van der Waals surface area contributed by atoms with Gasteiger partial charge in [0.05, 0.1) is 23.5 Å². The van der Waals surface area contributed by atoms with Crippen LogP contribution in [0.2, 0.25) is 0 Å². The summed E-state index contributed by atoms with van der Waals surface area (Å²) in [6, 6.07) is 10.3. The molecule has 1 N–H and O–H groups in total. The molecule has 10 nitrogen and oxygen atoms in total. The number of nitro benzene ring substituents is 1.